The van der Waals surface area contributed by atoms with E-state index in [4.69, 9.17) is 10.0 Å². The van der Waals surface area contributed by atoms with Gasteiger partial charge in [-0.2, -0.15) is 0 Å². The molecule has 0 aliphatic heterocycles. The Labute approximate surface area is 80.1 Å². The van der Waals surface area contributed by atoms with Crippen molar-refractivity contribution in [3.63, 3.8) is 0 Å². The molecule has 0 saturated heterocycles. The molecule has 6 heteroatoms. The second kappa shape index (κ2) is 4.21. The monoisotopic (exact) mass is 198 g/mol. The van der Waals surface area contributed by atoms with E-state index in [0.717, 1.165) is 0 Å². The minimum atomic E-state index is -2.10. The van der Waals surface area contributed by atoms with E-state index in [1.807, 2.05) is 0 Å². The van der Waals surface area contributed by atoms with Gasteiger partial charge in [-0.15, -0.1) is 0 Å². The fourth-order valence-electron chi connectivity index (χ4n) is 0.987. The summed E-state index contributed by atoms with van der Waals surface area (Å²) < 4.78 is 17.6. The van der Waals surface area contributed by atoms with Crippen LogP contribution >= 0.6 is 0 Å². The first-order chi connectivity index (χ1) is 6.52. The van der Waals surface area contributed by atoms with Gasteiger partial charge in [-0.25, -0.2) is 4.39 Å². The summed E-state index contributed by atoms with van der Waals surface area (Å²) in [5, 5.41) is 16.9. The number of halogens is 1. The molecule has 0 amide bonds. The molecule has 0 heterocycles. The van der Waals surface area contributed by atoms with Crippen LogP contribution in [0, 0.1) is 5.82 Å². The molecule has 1 aromatic carbocycles. The molecule has 0 saturated carbocycles. The number of carbonyl (C=O) groups is 1. The Morgan fingerprint density at radius 1 is 1.50 bits per heavy atom. The second-order valence-electron chi connectivity index (χ2n) is 2.62. The van der Waals surface area contributed by atoms with Crippen molar-refractivity contribution in [2.24, 2.45) is 0 Å². The van der Waals surface area contributed by atoms with E-state index in [1.165, 1.54) is 25.1 Å². The Hall–Kier alpha value is -1.40. The molecular weight excluding hydrogens is 190 g/mol. The van der Waals surface area contributed by atoms with Crippen molar-refractivity contribution in [2.75, 3.05) is 0 Å². The highest BCUT2D eigenvalue weighted by molar-refractivity contribution is 6.33. The first-order valence-corrected chi connectivity index (χ1v) is 3.84. The molecule has 1 aromatic rings. The number of carbonyl (C=O) groups excluding carboxylic acids is 1. The summed E-state index contributed by atoms with van der Waals surface area (Å²) >= 11 is 0. The van der Waals surface area contributed by atoms with Crippen LogP contribution in [0.5, 0.6) is 5.75 Å². The van der Waals surface area contributed by atoms with Crippen molar-refractivity contribution in [2.45, 2.75) is 6.92 Å². The van der Waals surface area contributed by atoms with Gasteiger partial charge in [-0.05, 0) is 19.1 Å². The van der Waals surface area contributed by atoms with Crippen LogP contribution in [0.15, 0.2) is 18.2 Å². The summed E-state index contributed by atoms with van der Waals surface area (Å²) in [5.41, 5.74) is -0.150. The van der Waals surface area contributed by atoms with Gasteiger partial charge in [0.15, 0.2) is 11.6 Å². The van der Waals surface area contributed by atoms with Crippen LogP contribution in [0.2, 0.25) is 0 Å². The van der Waals surface area contributed by atoms with Gasteiger partial charge in [0, 0.05) is 0 Å². The van der Waals surface area contributed by atoms with Crippen LogP contribution in [0.1, 0.15) is 17.3 Å². The fourth-order valence-corrected chi connectivity index (χ4v) is 0.987. The Bertz CT molecular complexity index is 353. The van der Waals surface area contributed by atoms with Gasteiger partial charge in [0.25, 0.3) is 0 Å². The van der Waals surface area contributed by atoms with Gasteiger partial charge >= 0.3 is 7.32 Å². The Morgan fingerprint density at radius 3 is 2.64 bits per heavy atom. The van der Waals surface area contributed by atoms with Crippen molar-refractivity contribution < 1.29 is 23.9 Å². The van der Waals surface area contributed by atoms with E-state index in [-0.39, 0.29) is 11.3 Å². The smallest absolute Gasteiger partial charge is 0.510 e. The van der Waals surface area contributed by atoms with Crippen LogP contribution < -0.4 is 4.65 Å². The molecule has 0 fully saturated rings. The van der Waals surface area contributed by atoms with Gasteiger partial charge in [-0.3, -0.25) is 4.79 Å². The molecule has 0 aliphatic rings. The highest BCUT2D eigenvalue weighted by Gasteiger charge is 2.17. The third-order valence-electron chi connectivity index (χ3n) is 1.57. The molecule has 1 rings (SSSR count). The maximum atomic E-state index is 13.3. The molecule has 0 unspecified atom stereocenters. The standard InChI is InChI=1S/C8H8BFO4/c1-5(11)6-3-2-4-7(8(6)10)14-9(12)13/h2-4,12-13H,1H3. The average molecular weight is 198 g/mol. The Morgan fingerprint density at radius 2 is 2.14 bits per heavy atom. The quantitative estimate of drug-likeness (QED) is 0.544. The zero-order valence-corrected chi connectivity index (χ0v) is 7.40. The van der Waals surface area contributed by atoms with Gasteiger partial charge in [0.05, 0.1) is 5.56 Å². The molecule has 0 spiro atoms. The van der Waals surface area contributed by atoms with Gasteiger partial charge in [0.1, 0.15) is 5.75 Å². The molecule has 14 heavy (non-hydrogen) atoms. The van der Waals surface area contributed by atoms with Crippen molar-refractivity contribution in [1.82, 2.24) is 0 Å². The van der Waals surface area contributed by atoms with Crippen LogP contribution in [-0.2, 0) is 0 Å². The predicted molar refractivity (Wildman–Crippen MR) is 47.2 cm³/mol. The molecule has 2 N–H and O–H groups in total. The first kappa shape index (κ1) is 10.7. The first-order valence-electron chi connectivity index (χ1n) is 3.84. The lowest BCUT2D eigenvalue weighted by Crippen LogP contribution is -2.21. The van der Waals surface area contributed by atoms with E-state index in [2.05, 4.69) is 4.65 Å². The summed E-state index contributed by atoms with van der Waals surface area (Å²) in [4.78, 5) is 10.9. The second-order valence-corrected chi connectivity index (χ2v) is 2.62. The third kappa shape index (κ3) is 2.30. The van der Waals surface area contributed by atoms with Gasteiger partial charge < -0.3 is 14.7 Å². The number of hydrogen-bond donors (Lipinski definition) is 2. The molecule has 74 valence electrons. The molecule has 0 atom stereocenters. The summed E-state index contributed by atoms with van der Waals surface area (Å²) in [6, 6.07) is 3.87. The fraction of sp³-hybridized carbons (Fsp3) is 0.125. The Balaban J connectivity index is 3.07. The molecule has 0 aromatic heterocycles. The average Bonchev–Trinajstić information content (AvgIpc) is 2.07. The molecule has 0 bridgehead atoms. The maximum absolute atomic E-state index is 13.3. The summed E-state index contributed by atoms with van der Waals surface area (Å²) in [6.07, 6.45) is 0. The largest absolute Gasteiger partial charge is 0.707 e. The molecule has 0 aliphatic carbocycles. The normalized spacial score (nSPS) is 9.71. The Kier molecular flexibility index (Phi) is 3.21. The van der Waals surface area contributed by atoms with Crippen LogP contribution in [0.4, 0.5) is 4.39 Å². The van der Waals surface area contributed by atoms with Crippen LogP contribution in [0.25, 0.3) is 0 Å². The molecule has 0 radical (unpaired) electrons. The number of hydrogen-bond acceptors (Lipinski definition) is 4. The highest BCUT2D eigenvalue weighted by Crippen LogP contribution is 2.20. The summed E-state index contributed by atoms with van der Waals surface area (Å²) in [7, 11) is -2.10. The highest BCUT2D eigenvalue weighted by atomic mass is 19.1. The minimum absolute atomic E-state index is 0.150. The number of rotatable bonds is 3. The lowest BCUT2D eigenvalue weighted by Gasteiger charge is -2.07. The van der Waals surface area contributed by atoms with Crippen molar-refractivity contribution in [3.8, 4) is 5.75 Å². The maximum Gasteiger partial charge on any atom is 0.707 e. The van der Waals surface area contributed by atoms with Crippen LogP contribution in [-0.4, -0.2) is 23.2 Å². The van der Waals surface area contributed by atoms with Gasteiger partial charge in [-0.1, -0.05) is 6.07 Å². The third-order valence-corrected chi connectivity index (χ3v) is 1.57. The summed E-state index contributed by atoms with van der Waals surface area (Å²) in [5.74, 6) is -1.72. The van der Waals surface area contributed by atoms with Crippen molar-refractivity contribution in [1.29, 1.82) is 0 Å². The van der Waals surface area contributed by atoms with Crippen molar-refractivity contribution in [3.05, 3.63) is 29.6 Å². The minimum Gasteiger partial charge on any atom is -0.510 e. The van der Waals surface area contributed by atoms with E-state index in [9.17, 15) is 9.18 Å². The molecular formula is C8H8BFO4. The van der Waals surface area contributed by atoms with Crippen LogP contribution in [0.3, 0.4) is 0 Å². The van der Waals surface area contributed by atoms with E-state index in [0.29, 0.717) is 0 Å². The van der Waals surface area contributed by atoms with E-state index < -0.39 is 18.9 Å². The number of Topliss-reactive ketones (excluding diaryl/α,β-unsaturated/α-hetero) is 1. The lowest BCUT2D eigenvalue weighted by atomic mass is 10.1. The van der Waals surface area contributed by atoms with E-state index >= 15 is 0 Å². The summed E-state index contributed by atoms with van der Waals surface area (Å²) in [6.45, 7) is 1.21. The zero-order chi connectivity index (χ0) is 10.7. The van der Waals surface area contributed by atoms with Gasteiger partial charge in [0.2, 0.25) is 0 Å². The predicted octanol–water partition coefficient (Wildman–Crippen LogP) is 0.377. The zero-order valence-electron chi connectivity index (χ0n) is 7.40. The van der Waals surface area contributed by atoms with Crippen molar-refractivity contribution >= 4 is 13.1 Å². The SMILES string of the molecule is CC(=O)c1cccc(OB(O)O)c1F. The lowest BCUT2D eigenvalue weighted by molar-refractivity contribution is 0.101. The number of ketones is 1. The van der Waals surface area contributed by atoms with E-state index in [1.54, 1.807) is 0 Å². The topological polar surface area (TPSA) is 66.8 Å². The number of benzene rings is 1. The molecule has 4 nitrogen and oxygen atoms in total.